The van der Waals surface area contributed by atoms with Gasteiger partial charge in [-0.1, -0.05) is 6.07 Å². The van der Waals surface area contributed by atoms with E-state index in [1.165, 1.54) is 0 Å². The Morgan fingerprint density at radius 2 is 2.00 bits per heavy atom. The van der Waals surface area contributed by atoms with Gasteiger partial charge in [-0.2, -0.15) is 5.10 Å². The summed E-state index contributed by atoms with van der Waals surface area (Å²) in [4.78, 5) is 17.8. The van der Waals surface area contributed by atoms with E-state index in [1.54, 1.807) is 0 Å². The number of aryl methyl sites for hydroxylation is 1. The van der Waals surface area contributed by atoms with Gasteiger partial charge in [0, 0.05) is 49.3 Å². The number of benzene rings is 1. The SMILES string of the molecule is Cc1ccc(OC2CCN(C(=O)c3ccc4cc[nH]c4c3)CC2)nn1. The minimum atomic E-state index is 0.0741. The monoisotopic (exact) mass is 336 g/mol. The lowest BCUT2D eigenvalue weighted by Crippen LogP contribution is -2.41. The standard InChI is InChI=1S/C19H20N4O2/c1-13-2-5-18(22-21-13)25-16-7-10-23(11-8-16)19(24)15-4-3-14-6-9-20-17(14)12-15/h2-6,9,12,16,20H,7-8,10-11H2,1H3. The third-order valence-electron chi connectivity index (χ3n) is 4.59. The van der Waals surface area contributed by atoms with Crippen molar-refractivity contribution in [2.45, 2.75) is 25.9 Å². The van der Waals surface area contributed by atoms with E-state index < -0.39 is 0 Å². The Labute approximate surface area is 145 Å². The Morgan fingerprint density at radius 3 is 2.76 bits per heavy atom. The van der Waals surface area contributed by atoms with Crippen LogP contribution in [0.5, 0.6) is 5.88 Å². The van der Waals surface area contributed by atoms with Crippen molar-refractivity contribution in [3.8, 4) is 5.88 Å². The topological polar surface area (TPSA) is 71.1 Å². The zero-order valence-electron chi connectivity index (χ0n) is 14.1. The lowest BCUT2D eigenvalue weighted by molar-refractivity contribution is 0.0586. The van der Waals surface area contributed by atoms with Crippen molar-refractivity contribution in [3.05, 3.63) is 53.9 Å². The fourth-order valence-electron chi connectivity index (χ4n) is 3.16. The summed E-state index contributed by atoms with van der Waals surface area (Å²) in [6, 6.07) is 11.5. The molecule has 1 aromatic carbocycles. The van der Waals surface area contributed by atoms with Crippen molar-refractivity contribution in [2.24, 2.45) is 0 Å². The van der Waals surface area contributed by atoms with Crippen LogP contribution in [0.25, 0.3) is 10.9 Å². The molecule has 2 aromatic heterocycles. The zero-order chi connectivity index (χ0) is 17.2. The van der Waals surface area contributed by atoms with Crippen LogP contribution >= 0.6 is 0 Å². The predicted molar refractivity (Wildman–Crippen MR) is 94.6 cm³/mol. The predicted octanol–water partition coefficient (Wildman–Crippen LogP) is 2.95. The van der Waals surface area contributed by atoms with Crippen molar-refractivity contribution in [2.75, 3.05) is 13.1 Å². The Kier molecular flexibility index (Phi) is 4.09. The molecule has 3 heterocycles. The van der Waals surface area contributed by atoms with E-state index in [1.807, 2.05) is 54.4 Å². The van der Waals surface area contributed by atoms with Gasteiger partial charge >= 0.3 is 0 Å². The number of piperidine rings is 1. The van der Waals surface area contributed by atoms with Crippen molar-refractivity contribution in [3.63, 3.8) is 0 Å². The molecule has 0 atom stereocenters. The van der Waals surface area contributed by atoms with Crippen LogP contribution in [-0.2, 0) is 0 Å². The number of likely N-dealkylation sites (tertiary alicyclic amines) is 1. The summed E-state index contributed by atoms with van der Waals surface area (Å²) < 4.78 is 5.87. The number of amides is 1. The van der Waals surface area contributed by atoms with Crippen LogP contribution in [0.3, 0.4) is 0 Å². The fourth-order valence-corrected chi connectivity index (χ4v) is 3.16. The van der Waals surface area contributed by atoms with Crippen LogP contribution in [0.15, 0.2) is 42.6 Å². The quantitative estimate of drug-likeness (QED) is 0.798. The Balaban J connectivity index is 1.37. The lowest BCUT2D eigenvalue weighted by atomic mass is 10.1. The van der Waals surface area contributed by atoms with Crippen LogP contribution in [0.4, 0.5) is 0 Å². The highest BCUT2D eigenvalue weighted by molar-refractivity contribution is 5.98. The third kappa shape index (κ3) is 3.33. The molecule has 1 fully saturated rings. The van der Waals surface area contributed by atoms with Crippen LogP contribution in [-0.4, -0.2) is 45.2 Å². The molecule has 1 N–H and O–H groups in total. The molecule has 0 spiro atoms. The fraction of sp³-hybridized carbons (Fsp3) is 0.316. The van der Waals surface area contributed by atoms with E-state index in [9.17, 15) is 4.79 Å². The normalized spacial score (nSPS) is 15.5. The number of nitrogens with one attached hydrogen (secondary N) is 1. The highest BCUT2D eigenvalue weighted by Crippen LogP contribution is 2.20. The molecule has 0 radical (unpaired) electrons. The number of nitrogens with zero attached hydrogens (tertiary/aromatic N) is 3. The van der Waals surface area contributed by atoms with Crippen molar-refractivity contribution in [1.29, 1.82) is 0 Å². The van der Waals surface area contributed by atoms with Gasteiger partial charge in [-0.15, -0.1) is 5.10 Å². The number of H-pyrrole nitrogens is 1. The number of aromatic nitrogens is 3. The summed E-state index contributed by atoms with van der Waals surface area (Å²) in [6.07, 6.45) is 3.56. The lowest BCUT2D eigenvalue weighted by Gasteiger charge is -2.32. The molecule has 0 saturated carbocycles. The van der Waals surface area contributed by atoms with Gasteiger partial charge in [0.1, 0.15) is 6.10 Å². The van der Waals surface area contributed by atoms with Gasteiger partial charge in [0.15, 0.2) is 0 Å². The molecule has 0 aliphatic carbocycles. The molecule has 1 aliphatic rings. The molecule has 4 rings (SSSR count). The first kappa shape index (κ1) is 15.6. The number of aromatic amines is 1. The number of hydrogen-bond donors (Lipinski definition) is 1. The van der Waals surface area contributed by atoms with Crippen molar-refractivity contribution >= 4 is 16.8 Å². The second kappa shape index (κ2) is 6.55. The van der Waals surface area contributed by atoms with Gasteiger partial charge in [0.05, 0.1) is 5.69 Å². The van der Waals surface area contributed by atoms with E-state index >= 15 is 0 Å². The first-order chi connectivity index (χ1) is 12.2. The summed E-state index contributed by atoms with van der Waals surface area (Å²) in [5.41, 5.74) is 2.58. The van der Waals surface area contributed by atoms with Crippen molar-refractivity contribution in [1.82, 2.24) is 20.1 Å². The van der Waals surface area contributed by atoms with Crippen molar-refractivity contribution < 1.29 is 9.53 Å². The minimum Gasteiger partial charge on any atom is -0.473 e. The van der Waals surface area contributed by atoms with Crippen LogP contribution in [0.1, 0.15) is 28.9 Å². The Morgan fingerprint density at radius 1 is 1.16 bits per heavy atom. The second-order valence-electron chi connectivity index (χ2n) is 6.40. The first-order valence-corrected chi connectivity index (χ1v) is 8.52. The summed E-state index contributed by atoms with van der Waals surface area (Å²) in [6.45, 7) is 3.27. The molecule has 1 amide bonds. The molecular formula is C19H20N4O2. The summed E-state index contributed by atoms with van der Waals surface area (Å²) in [5.74, 6) is 0.623. The van der Waals surface area contributed by atoms with Crippen LogP contribution < -0.4 is 4.74 Å². The van der Waals surface area contributed by atoms with Crippen LogP contribution in [0, 0.1) is 6.92 Å². The maximum absolute atomic E-state index is 12.7. The van der Waals surface area contributed by atoms with E-state index in [0.29, 0.717) is 19.0 Å². The molecule has 3 aromatic rings. The van der Waals surface area contributed by atoms with E-state index in [2.05, 4.69) is 15.2 Å². The van der Waals surface area contributed by atoms with Gasteiger partial charge in [0.2, 0.25) is 5.88 Å². The largest absolute Gasteiger partial charge is 0.473 e. The number of hydrogen-bond acceptors (Lipinski definition) is 4. The molecule has 0 unspecified atom stereocenters. The summed E-state index contributed by atoms with van der Waals surface area (Å²) in [5, 5.41) is 9.16. The average Bonchev–Trinajstić information content (AvgIpc) is 3.11. The molecule has 6 nitrogen and oxygen atoms in total. The number of ether oxygens (including phenoxy) is 1. The maximum Gasteiger partial charge on any atom is 0.253 e. The third-order valence-corrected chi connectivity index (χ3v) is 4.59. The highest BCUT2D eigenvalue weighted by atomic mass is 16.5. The Bertz CT molecular complexity index is 880. The van der Waals surface area contributed by atoms with Gasteiger partial charge in [-0.25, -0.2) is 0 Å². The number of carbonyl (C=O) groups excluding carboxylic acids is 1. The smallest absolute Gasteiger partial charge is 0.253 e. The summed E-state index contributed by atoms with van der Waals surface area (Å²) in [7, 11) is 0. The highest BCUT2D eigenvalue weighted by Gasteiger charge is 2.25. The average molecular weight is 336 g/mol. The minimum absolute atomic E-state index is 0.0741. The Hall–Kier alpha value is -2.89. The first-order valence-electron chi connectivity index (χ1n) is 8.52. The zero-order valence-corrected chi connectivity index (χ0v) is 14.1. The van der Waals surface area contributed by atoms with E-state index in [0.717, 1.165) is 35.0 Å². The van der Waals surface area contributed by atoms with Gasteiger partial charge in [0.25, 0.3) is 5.91 Å². The number of carbonyl (C=O) groups is 1. The van der Waals surface area contributed by atoms with Gasteiger partial charge in [-0.05, 0) is 36.6 Å². The van der Waals surface area contributed by atoms with Gasteiger partial charge < -0.3 is 14.6 Å². The van der Waals surface area contributed by atoms with Gasteiger partial charge in [-0.3, -0.25) is 4.79 Å². The van der Waals surface area contributed by atoms with Crippen LogP contribution in [0.2, 0.25) is 0 Å². The van der Waals surface area contributed by atoms with E-state index in [4.69, 9.17) is 4.74 Å². The molecular weight excluding hydrogens is 316 g/mol. The molecule has 25 heavy (non-hydrogen) atoms. The molecule has 128 valence electrons. The maximum atomic E-state index is 12.7. The van der Waals surface area contributed by atoms with E-state index in [-0.39, 0.29) is 12.0 Å². The molecule has 1 saturated heterocycles. The molecule has 0 bridgehead atoms. The second-order valence-corrected chi connectivity index (χ2v) is 6.40. The number of fused-ring (bicyclic) bond motifs is 1. The summed E-state index contributed by atoms with van der Waals surface area (Å²) >= 11 is 0. The molecule has 1 aliphatic heterocycles. The number of rotatable bonds is 3. The molecule has 6 heteroatoms.